The van der Waals surface area contributed by atoms with Gasteiger partial charge in [-0.15, -0.1) is 0 Å². The van der Waals surface area contributed by atoms with Crippen LogP contribution < -0.4 is 43.1 Å². The second-order valence-electron chi connectivity index (χ2n) is 7.47. The lowest BCUT2D eigenvalue weighted by Gasteiger charge is -1.99. The van der Waals surface area contributed by atoms with Gasteiger partial charge in [0.1, 0.15) is 49.3 Å². The Morgan fingerprint density at radius 1 is 0.500 bits per heavy atom. The second kappa shape index (κ2) is 11.1. The van der Waals surface area contributed by atoms with Gasteiger partial charge in [0.2, 0.25) is 12.7 Å². The molecule has 0 saturated heterocycles. The van der Waals surface area contributed by atoms with E-state index in [1.165, 1.54) is 11.1 Å². The van der Waals surface area contributed by atoms with E-state index in [9.17, 15) is 0 Å². The molecule has 2 heterocycles. The van der Waals surface area contributed by atoms with Crippen LogP contribution in [0.5, 0.6) is 0 Å². The summed E-state index contributed by atoms with van der Waals surface area (Å²) >= 11 is 0. The number of nitrogens with zero attached hydrogens (tertiary/aromatic N) is 4. The van der Waals surface area contributed by atoms with Crippen molar-refractivity contribution in [2.24, 2.45) is 0 Å². The number of hydrogen-bond acceptors (Lipinski definition) is 0. The molecule has 0 spiro atoms. The van der Waals surface area contributed by atoms with E-state index >= 15 is 0 Å². The predicted octanol–water partition coefficient (Wildman–Crippen LogP) is -2.05. The molecule has 3 aromatic carbocycles. The first kappa shape index (κ1) is 23.7. The molecule has 2 aromatic heterocycles. The number of benzene rings is 3. The fourth-order valence-electron chi connectivity index (χ4n) is 3.67. The lowest BCUT2D eigenvalue weighted by atomic mass is 10.2. The molecule has 0 fully saturated rings. The molecule has 4 nitrogen and oxygen atoms in total. The van der Waals surface area contributed by atoms with Crippen LogP contribution in [0.4, 0.5) is 0 Å². The van der Waals surface area contributed by atoms with Gasteiger partial charge < -0.3 is 34.0 Å². The fraction of sp³-hybridized carbons (Fsp3) is 0.0769. The number of halogens is 2. The smallest absolute Gasteiger partial charge is 0.249 e. The molecule has 0 N–H and O–H groups in total. The minimum Gasteiger partial charge on any atom is -1.00 e. The van der Waals surface area contributed by atoms with Gasteiger partial charge in [-0.3, -0.25) is 0 Å². The van der Waals surface area contributed by atoms with Gasteiger partial charge >= 0.3 is 0 Å². The van der Waals surface area contributed by atoms with Crippen molar-refractivity contribution in [1.29, 1.82) is 0 Å². The van der Waals surface area contributed by atoms with Gasteiger partial charge in [0.05, 0.1) is 0 Å². The highest BCUT2D eigenvalue weighted by Crippen LogP contribution is 2.12. The molecule has 5 aromatic rings. The van der Waals surface area contributed by atoms with Crippen LogP contribution in [-0.4, -0.2) is 9.13 Å². The fourth-order valence-corrected chi connectivity index (χ4v) is 3.67. The molecule has 5 rings (SSSR count). The molecular formula is C26H24Br2N4. The van der Waals surface area contributed by atoms with Crippen LogP contribution in [0.3, 0.4) is 0 Å². The highest BCUT2D eigenvalue weighted by atomic mass is 79.9. The van der Waals surface area contributed by atoms with Gasteiger partial charge in [-0.2, -0.15) is 0 Å². The van der Waals surface area contributed by atoms with Crippen molar-refractivity contribution in [2.75, 3.05) is 0 Å². The monoisotopic (exact) mass is 550 g/mol. The Hall–Kier alpha value is -2.96. The molecule has 0 saturated carbocycles. The summed E-state index contributed by atoms with van der Waals surface area (Å²) in [6.45, 7) is 1.74. The van der Waals surface area contributed by atoms with Gasteiger partial charge in [0.15, 0.2) is 0 Å². The predicted molar refractivity (Wildman–Crippen MR) is 117 cm³/mol. The summed E-state index contributed by atoms with van der Waals surface area (Å²) < 4.78 is 8.69. The third kappa shape index (κ3) is 5.64. The largest absolute Gasteiger partial charge is 1.00 e. The normalized spacial score (nSPS) is 10.2. The molecule has 162 valence electrons. The second-order valence-corrected chi connectivity index (χ2v) is 7.47. The van der Waals surface area contributed by atoms with Crippen molar-refractivity contribution in [3.8, 4) is 11.4 Å². The molecule has 6 heteroatoms. The highest BCUT2D eigenvalue weighted by Gasteiger charge is 2.10. The summed E-state index contributed by atoms with van der Waals surface area (Å²) in [5, 5.41) is 0. The Balaban J connectivity index is 0.00000144. The van der Waals surface area contributed by atoms with E-state index in [1.807, 2.05) is 0 Å². The third-order valence-corrected chi connectivity index (χ3v) is 5.24. The SMILES string of the molecule is [Br-].[Br-].c1ccc(C[n+]2ccn(-c3ccc(-n4cc[n+](Cc5ccccc5)c4)cc3)c2)cc1. The quantitative estimate of drug-likeness (QED) is 0.216. The van der Waals surface area contributed by atoms with Crippen molar-refractivity contribution in [2.45, 2.75) is 13.1 Å². The number of hydrogen-bond donors (Lipinski definition) is 0. The summed E-state index contributed by atoms with van der Waals surface area (Å²) in [6, 6.07) is 29.7. The molecule has 0 aliphatic carbocycles. The van der Waals surface area contributed by atoms with Crippen LogP contribution in [0.15, 0.2) is 122 Å². The molecule has 0 aliphatic rings. The van der Waals surface area contributed by atoms with Gasteiger partial charge in [0, 0.05) is 0 Å². The van der Waals surface area contributed by atoms with Crippen molar-refractivity contribution in [3.63, 3.8) is 0 Å². The standard InChI is InChI=1S/C26H24N4.2BrH/c1-3-7-23(8-4-1)19-27-15-17-29(21-27)25-11-13-26(14-12-25)30-18-16-28(22-30)20-24-9-5-2-6-10-24;;/h1-18,21-22H,19-20H2;2*1H/q+2;;/p-2. The zero-order valence-electron chi connectivity index (χ0n) is 17.5. The van der Waals surface area contributed by atoms with E-state index in [0.717, 1.165) is 24.5 Å². The Morgan fingerprint density at radius 2 is 0.875 bits per heavy atom. The maximum atomic E-state index is 2.20. The van der Waals surface area contributed by atoms with Crippen LogP contribution >= 0.6 is 0 Å². The molecule has 0 radical (unpaired) electrons. The summed E-state index contributed by atoms with van der Waals surface area (Å²) in [4.78, 5) is 0. The van der Waals surface area contributed by atoms with Crippen LogP contribution in [0.1, 0.15) is 11.1 Å². The molecule has 0 bridgehead atoms. The van der Waals surface area contributed by atoms with Gasteiger partial charge in [-0.1, -0.05) is 60.7 Å². The van der Waals surface area contributed by atoms with Gasteiger partial charge in [-0.05, 0) is 35.4 Å². The van der Waals surface area contributed by atoms with Gasteiger partial charge in [-0.25, -0.2) is 18.3 Å². The number of imidazole rings is 2. The summed E-state index contributed by atoms with van der Waals surface area (Å²) in [7, 11) is 0. The summed E-state index contributed by atoms with van der Waals surface area (Å²) in [5.74, 6) is 0. The molecule has 0 aliphatic heterocycles. The van der Waals surface area contributed by atoms with Crippen LogP contribution in [0.2, 0.25) is 0 Å². The summed E-state index contributed by atoms with van der Waals surface area (Å²) in [6.07, 6.45) is 12.7. The highest BCUT2D eigenvalue weighted by molar-refractivity contribution is 5.41. The molecule has 0 amide bonds. The number of rotatable bonds is 6. The van der Waals surface area contributed by atoms with E-state index in [-0.39, 0.29) is 34.0 Å². The average Bonchev–Trinajstić information content (AvgIpc) is 3.45. The van der Waals surface area contributed by atoms with Crippen LogP contribution in [0, 0.1) is 0 Å². The lowest BCUT2D eigenvalue weighted by molar-refractivity contribution is -0.687. The van der Waals surface area contributed by atoms with E-state index in [4.69, 9.17) is 0 Å². The first-order chi connectivity index (χ1) is 14.8. The Bertz CT molecular complexity index is 1130. The zero-order chi connectivity index (χ0) is 20.2. The molecular weight excluding hydrogens is 528 g/mol. The first-order valence-corrected chi connectivity index (χ1v) is 10.2. The lowest BCUT2D eigenvalue weighted by Crippen LogP contribution is -3.00. The van der Waals surface area contributed by atoms with Crippen molar-refractivity contribution < 1.29 is 43.1 Å². The van der Waals surface area contributed by atoms with Gasteiger partial charge in [0.25, 0.3) is 0 Å². The van der Waals surface area contributed by atoms with E-state index in [0.29, 0.717) is 0 Å². The van der Waals surface area contributed by atoms with Crippen LogP contribution in [-0.2, 0) is 13.1 Å². The van der Waals surface area contributed by atoms with E-state index in [2.05, 4.69) is 141 Å². The Morgan fingerprint density at radius 3 is 1.25 bits per heavy atom. The number of aromatic nitrogens is 4. The Kier molecular flexibility index (Phi) is 8.20. The molecule has 32 heavy (non-hydrogen) atoms. The average molecular weight is 552 g/mol. The minimum atomic E-state index is 0. The molecule has 0 unspecified atom stereocenters. The van der Waals surface area contributed by atoms with Crippen LogP contribution in [0.25, 0.3) is 11.4 Å². The Labute approximate surface area is 209 Å². The van der Waals surface area contributed by atoms with E-state index < -0.39 is 0 Å². The molecule has 0 atom stereocenters. The summed E-state index contributed by atoms with van der Waals surface area (Å²) in [5.41, 5.74) is 4.89. The van der Waals surface area contributed by atoms with Crippen molar-refractivity contribution in [3.05, 3.63) is 133 Å². The minimum absolute atomic E-state index is 0. The van der Waals surface area contributed by atoms with E-state index in [1.54, 1.807) is 0 Å². The maximum Gasteiger partial charge on any atom is 0.249 e. The topological polar surface area (TPSA) is 17.6 Å². The first-order valence-electron chi connectivity index (χ1n) is 10.2. The zero-order valence-corrected chi connectivity index (χ0v) is 20.7. The van der Waals surface area contributed by atoms with Crippen molar-refractivity contribution in [1.82, 2.24) is 9.13 Å². The maximum absolute atomic E-state index is 2.20. The third-order valence-electron chi connectivity index (χ3n) is 5.24. The van der Waals surface area contributed by atoms with Crippen molar-refractivity contribution >= 4 is 0 Å².